The molecule has 0 atom stereocenters. The fourth-order valence-corrected chi connectivity index (χ4v) is 2.28. The quantitative estimate of drug-likeness (QED) is 0.418. The molecule has 0 aliphatic rings. The molecular weight excluding hydrogens is 342 g/mol. The smallest absolute Gasteiger partial charge is 0.247 e. The topological polar surface area (TPSA) is 90.7 Å². The highest BCUT2D eigenvalue weighted by Gasteiger charge is 2.07. The molecule has 0 fully saturated rings. The lowest BCUT2D eigenvalue weighted by Gasteiger charge is -2.20. The van der Waals surface area contributed by atoms with E-state index in [0.717, 1.165) is 24.9 Å². The van der Waals surface area contributed by atoms with Crippen LogP contribution in [0.2, 0.25) is 0 Å². The summed E-state index contributed by atoms with van der Waals surface area (Å²) in [6.07, 6.45) is 7.58. The van der Waals surface area contributed by atoms with Crippen LogP contribution in [0.3, 0.4) is 0 Å². The Morgan fingerprint density at radius 1 is 1.19 bits per heavy atom. The van der Waals surface area contributed by atoms with Gasteiger partial charge in [-0.1, -0.05) is 30.9 Å². The van der Waals surface area contributed by atoms with Crippen LogP contribution in [0.25, 0.3) is 11.5 Å². The summed E-state index contributed by atoms with van der Waals surface area (Å²) in [6.45, 7) is 13.4. The van der Waals surface area contributed by atoms with Crippen LogP contribution in [0, 0.1) is 6.92 Å². The first kappa shape index (κ1) is 24.0. The molecule has 0 saturated carbocycles. The molecule has 0 aliphatic heterocycles. The normalized spacial score (nSPS) is 10.6. The van der Waals surface area contributed by atoms with Gasteiger partial charge in [-0.15, -0.1) is 10.2 Å². The van der Waals surface area contributed by atoms with Gasteiger partial charge in [0.25, 0.3) is 0 Å². The lowest BCUT2D eigenvalue weighted by Crippen LogP contribution is -2.21. The van der Waals surface area contributed by atoms with Crippen molar-refractivity contribution in [2.75, 3.05) is 18.0 Å². The zero-order valence-electron chi connectivity index (χ0n) is 16.5. The maximum absolute atomic E-state index is 10.1. The van der Waals surface area contributed by atoms with Gasteiger partial charge in [-0.3, -0.25) is 4.79 Å². The van der Waals surface area contributed by atoms with Gasteiger partial charge in [0.1, 0.15) is 6.29 Å². The molecule has 27 heavy (non-hydrogen) atoms. The highest BCUT2D eigenvalue weighted by Crippen LogP contribution is 2.21. The van der Waals surface area contributed by atoms with E-state index in [-0.39, 0.29) is 5.48 Å². The van der Waals surface area contributed by atoms with Gasteiger partial charge in [-0.05, 0) is 45.0 Å². The van der Waals surface area contributed by atoms with Crippen LogP contribution in [0.1, 0.15) is 26.7 Å². The van der Waals surface area contributed by atoms with Crippen LogP contribution in [-0.2, 0) is 4.79 Å². The molecule has 2 aromatic rings. The minimum Gasteiger partial charge on any atom is -0.421 e. The number of aldehydes is 1. The predicted octanol–water partition coefficient (Wildman–Crippen LogP) is 3.94. The Morgan fingerprint density at radius 2 is 1.81 bits per heavy atom. The summed E-state index contributed by atoms with van der Waals surface area (Å²) in [5, 5.41) is 7.83. The van der Waals surface area contributed by atoms with Gasteiger partial charge in [0.05, 0.1) is 0 Å². The van der Waals surface area contributed by atoms with Crippen LogP contribution in [0.15, 0.2) is 65.1 Å². The number of carbonyl (C=O) groups is 1. The Balaban J connectivity index is 0.000000584. The number of aryl methyl sites for hydroxylation is 1. The van der Waals surface area contributed by atoms with Gasteiger partial charge in [0, 0.05) is 36.8 Å². The third kappa shape index (κ3) is 7.83. The van der Waals surface area contributed by atoms with Crippen molar-refractivity contribution < 1.29 is 14.7 Å². The van der Waals surface area contributed by atoms with Gasteiger partial charge < -0.3 is 14.8 Å². The summed E-state index contributed by atoms with van der Waals surface area (Å²) < 4.78 is 5.39. The van der Waals surface area contributed by atoms with Crippen LogP contribution in [0.5, 0.6) is 0 Å². The van der Waals surface area contributed by atoms with E-state index in [0.29, 0.717) is 17.4 Å². The number of anilines is 1. The molecule has 0 spiro atoms. The van der Waals surface area contributed by atoms with E-state index in [1.54, 1.807) is 25.2 Å². The molecule has 1 aromatic heterocycles. The van der Waals surface area contributed by atoms with Crippen molar-refractivity contribution in [1.29, 1.82) is 0 Å². The van der Waals surface area contributed by atoms with Crippen molar-refractivity contribution in [2.24, 2.45) is 0 Å². The highest BCUT2D eigenvalue weighted by molar-refractivity contribution is 5.77. The standard InChI is InChI=1S/C13H17N3O.C8H10O.H2O/c1-4-16(5-2)12-8-6-11(7-9-12)13-15-14-10(3)17-13;1-3-5-8(7-9)6-4-2;/h6-9H,4-5H2,1-3H3;3-7H,1H2,2H3;1H2/b;6-4-,8-5+;. The molecule has 0 unspecified atom stereocenters. The zero-order chi connectivity index (χ0) is 19.4. The van der Waals surface area contributed by atoms with Gasteiger partial charge in [-0.25, -0.2) is 0 Å². The van der Waals surface area contributed by atoms with Crippen molar-refractivity contribution in [1.82, 2.24) is 10.2 Å². The molecule has 0 bridgehead atoms. The van der Waals surface area contributed by atoms with Crippen molar-refractivity contribution >= 4 is 12.0 Å². The summed E-state index contributed by atoms with van der Waals surface area (Å²) >= 11 is 0. The number of benzene rings is 1. The Kier molecular flexibility index (Phi) is 11.8. The fraction of sp³-hybridized carbons (Fsp3) is 0.286. The zero-order valence-corrected chi connectivity index (χ0v) is 16.5. The van der Waals surface area contributed by atoms with E-state index in [9.17, 15) is 4.79 Å². The minimum absolute atomic E-state index is 0. The maximum atomic E-state index is 10.1. The summed E-state index contributed by atoms with van der Waals surface area (Å²) in [6, 6.07) is 8.20. The van der Waals surface area contributed by atoms with Crippen molar-refractivity contribution in [3.8, 4) is 11.5 Å². The monoisotopic (exact) mass is 371 g/mol. The first-order valence-corrected chi connectivity index (χ1v) is 8.65. The van der Waals surface area contributed by atoms with E-state index in [1.807, 2.05) is 25.1 Å². The molecule has 1 heterocycles. The number of carbonyl (C=O) groups excluding carboxylic acids is 1. The number of hydrogen-bond donors (Lipinski definition) is 0. The van der Waals surface area contributed by atoms with Crippen LogP contribution in [0.4, 0.5) is 5.69 Å². The Labute approximate surface area is 161 Å². The molecule has 0 amide bonds. The third-order valence-electron chi connectivity index (χ3n) is 3.57. The second-order valence-corrected chi connectivity index (χ2v) is 5.37. The van der Waals surface area contributed by atoms with Crippen molar-refractivity contribution in [3.05, 3.63) is 66.6 Å². The molecular formula is C21H29N3O3. The second-order valence-electron chi connectivity index (χ2n) is 5.37. The van der Waals surface area contributed by atoms with Crippen LogP contribution < -0.4 is 4.90 Å². The van der Waals surface area contributed by atoms with E-state index in [2.05, 4.69) is 47.7 Å². The second kappa shape index (κ2) is 13.2. The van der Waals surface area contributed by atoms with Crippen molar-refractivity contribution in [3.63, 3.8) is 0 Å². The average Bonchev–Trinajstić information content (AvgIpc) is 3.10. The van der Waals surface area contributed by atoms with Gasteiger partial charge in [0.2, 0.25) is 11.8 Å². The molecule has 6 nitrogen and oxygen atoms in total. The Hall–Kier alpha value is -2.99. The molecule has 146 valence electrons. The van der Waals surface area contributed by atoms with Gasteiger partial charge in [-0.2, -0.15) is 0 Å². The lowest BCUT2D eigenvalue weighted by molar-refractivity contribution is -0.104. The Morgan fingerprint density at radius 3 is 2.22 bits per heavy atom. The molecule has 6 heteroatoms. The maximum Gasteiger partial charge on any atom is 0.247 e. The molecule has 0 saturated heterocycles. The SMILES string of the molecule is C=C/C=C(C=O)\C=C/C.CCN(CC)c1ccc(-c2nnc(C)o2)cc1.O. The summed E-state index contributed by atoms with van der Waals surface area (Å²) in [4.78, 5) is 12.4. The number of aromatic nitrogens is 2. The van der Waals surface area contributed by atoms with Crippen molar-refractivity contribution in [2.45, 2.75) is 27.7 Å². The number of nitrogens with zero attached hydrogens (tertiary/aromatic N) is 3. The number of hydrogen-bond acceptors (Lipinski definition) is 5. The van der Waals surface area contributed by atoms with Crippen LogP contribution in [-0.4, -0.2) is 35.0 Å². The summed E-state index contributed by atoms with van der Waals surface area (Å²) in [5.74, 6) is 1.17. The first-order valence-electron chi connectivity index (χ1n) is 8.65. The lowest BCUT2D eigenvalue weighted by atomic mass is 10.2. The first-order chi connectivity index (χ1) is 12.6. The van der Waals surface area contributed by atoms with E-state index in [1.165, 1.54) is 5.69 Å². The minimum atomic E-state index is 0. The molecule has 0 radical (unpaired) electrons. The molecule has 1 aromatic carbocycles. The van der Waals surface area contributed by atoms with E-state index >= 15 is 0 Å². The van der Waals surface area contributed by atoms with Crippen LogP contribution >= 0.6 is 0 Å². The average molecular weight is 371 g/mol. The summed E-state index contributed by atoms with van der Waals surface area (Å²) in [5.41, 5.74) is 2.82. The molecule has 0 aliphatic carbocycles. The van der Waals surface area contributed by atoms with E-state index in [4.69, 9.17) is 4.42 Å². The fourth-order valence-electron chi connectivity index (χ4n) is 2.28. The number of allylic oxidation sites excluding steroid dienone is 5. The van der Waals surface area contributed by atoms with E-state index < -0.39 is 0 Å². The number of rotatable bonds is 7. The Bertz CT molecular complexity index is 742. The molecule has 2 rings (SSSR count). The van der Waals surface area contributed by atoms with Gasteiger partial charge >= 0.3 is 0 Å². The van der Waals surface area contributed by atoms with Gasteiger partial charge in [0.15, 0.2) is 0 Å². The summed E-state index contributed by atoms with van der Waals surface area (Å²) in [7, 11) is 0. The third-order valence-corrected chi connectivity index (χ3v) is 3.57. The predicted molar refractivity (Wildman–Crippen MR) is 111 cm³/mol. The highest BCUT2D eigenvalue weighted by atomic mass is 16.4. The largest absolute Gasteiger partial charge is 0.421 e. The molecule has 2 N–H and O–H groups in total.